The zero-order valence-corrected chi connectivity index (χ0v) is 12.5. The number of aryl methyl sites for hydroxylation is 1. The third-order valence-corrected chi connectivity index (χ3v) is 4.19. The van der Waals surface area contributed by atoms with Crippen LogP contribution in [0.4, 0.5) is 5.82 Å². The van der Waals surface area contributed by atoms with E-state index in [9.17, 15) is 0 Å². The molecule has 1 heterocycles. The predicted molar refractivity (Wildman–Crippen MR) is 81.7 cm³/mol. The molecule has 3 nitrogen and oxygen atoms in total. The number of anilines is 1. The highest BCUT2D eigenvalue weighted by molar-refractivity contribution is 5.40. The van der Waals surface area contributed by atoms with Crippen molar-refractivity contribution in [3.8, 4) is 0 Å². The van der Waals surface area contributed by atoms with Gasteiger partial charge in [0.25, 0.3) is 0 Å². The van der Waals surface area contributed by atoms with Gasteiger partial charge in [-0.3, -0.25) is 0 Å². The van der Waals surface area contributed by atoms with Crippen LogP contribution in [0.5, 0.6) is 0 Å². The van der Waals surface area contributed by atoms with Gasteiger partial charge in [-0.25, -0.2) is 4.98 Å². The maximum atomic E-state index is 4.49. The van der Waals surface area contributed by atoms with E-state index in [1.54, 1.807) is 0 Å². The fourth-order valence-corrected chi connectivity index (χ4v) is 2.92. The summed E-state index contributed by atoms with van der Waals surface area (Å²) in [5.74, 6) is 1.12. The zero-order valence-electron chi connectivity index (χ0n) is 12.5. The minimum Gasteiger partial charge on any atom is -0.357 e. The first kappa shape index (κ1) is 14.3. The highest BCUT2D eigenvalue weighted by atomic mass is 15.2. The summed E-state index contributed by atoms with van der Waals surface area (Å²) >= 11 is 0. The second kappa shape index (κ2) is 6.90. The smallest absolute Gasteiger partial charge is 0.128 e. The molecule has 2 rings (SSSR count). The van der Waals surface area contributed by atoms with Crippen LogP contribution in [0, 0.1) is 6.92 Å². The van der Waals surface area contributed by atoms with Gasteiger partial charge in [-0.1, -0.05) is 6.92 Å². The molecule has 0 bridgehead atoms. The number of pyridine rings is 1. The molecule has 3 heteroatoms. The number of hydrogen-bond donors (Lipinski definition) is 1. The Morgan fingerprint density at radius 3 is 2.68 bits per heavy atom. The minimum absolute atomic E-state index is 0.647. The fourth-order valence-electron chi connectivity index (χ4n) is 2.92. The van der Waals surface area contributed by atoms with Gasteiger partial charge in [0.2, 0.25) is 0 Å². The Labute approximate surface area is 117 Å². The molecule has 0 radical (unpaired) electrons. The van der Waals surface area contributed by atoms with Gasteiger partial charge in [-0.05, 0) is 63.3 Å². The summed E-state index contributed by atoms with van der Waals surface area (Å²) in [4.78, 5) is 6.86. The minimum atomic E-state index is 0.647. The van der Waals surface area contributed by atoms with Crippen LogP contribution in [-0.4, -0.2) is 30.7 Å². The summed E-state index contributed by atoms with van der Waals surface area (Å²) in [6.45, 7) is 5.52. The molecule has 1 aliphatic carbocycles. The summed E-state index contributed by atoms with van der Waals surface area (Å²) in [6, 6.07) is 5.62. The standard InChI is InChI=1S/C16H27N3/c1-4-10-17-14-5-7-15(8-6-14)19(3)16-12-13(2)9-11-18-16/h9,11-12,14-15,17H,4-8,10H2,1-3H3. The largest absolute Gasteiger partial charge is 0.357 e. The van der Waals surface area contributed by atoms with Crippen LogP contribution in [-0.2, 0) is 0 Å². The SMILES string of the molecule is CCCNC1CCC(N(C)c2cc(C)ccn2)CC1. The second-order valence-electron chi connectivity index (χ2n) is 5.76. The van der Waals surface area contributed by atoms with Crippen molar-refractivity contribution < 1.29 is 0 Å². The number of hydrogen-bond acceptors (Lipinski definition) is 3. The molecule has 1 aromatic heterocycles. The van der Waals surface area contributed by atoms with Gasteiger partial charge < -0.3 is 10.2 Å². The summed E-state index contributed by atoms with van der Waals surface area (Å²) in [6.07, 6.45) is 8.27. The number of nitrogens with zero attached hydrogens (tertiary/aromatic N) is 2. The van der Waals surface area contributed by atoms with E-state index in [0.717, 1.165) is 18.4 Å². The molecule has 1 fully saturated rings. The summed E-state index contributed by atoms with van der Waals surface area (Å²) < 4.78 is 0. The van der Waals surface area contributed by atoms with E-state index in [1.165, 1.54) is 37.7 Å². The molecule has 0 aliphatic heterocycles. The third-order valence-electron chi connectivity index (χ3n) is 4.19. The Bertz CT molecular complexity index is 383. The lowest BCUT2D eigenvalue weighted by atomic mass is 9.90. The molecule has 19 heavy (non-hydrogen) atoms. The van der Waals surface area contributed by atoms with E-state index in [2.05, 4.69) is 48.2 Å². The van der Waals surface area contributed by atoms with E-state index in [-0.39, 0.29) is 0 Å². The normalized spacial score (nSPS) is 23.3. The Hall–Kier alpha value is -1.09. The highest BCUT2D eigenvalue weighted by Gasteiger charge is 2.24. The summed E-state index contributed by atoms with van der Waals surface area (Å²) in [7, 11) is 2.19. The molecule has 0 unspecified atom stereocenters. The van der Waals surface area contributed by atoms with Crippen molar-refractivity contribution >= 4 is 5.82 Å². The topological polar surface area (TPSA) is 28.2 Å². The zero-order chi connectivity index (χ0) is 13.7. The van der Waals surface area contributed by atoms with Crippen molar-refractivity contribution in [2.45, 2.75) is 58.0 Å². The van der Waals surface area contributed by atoms with Gasteiger partial charge in [-0.15, -0.1) is 0 Å². The molecule has 0 amide bonds. The van der Waals surface area contributed by atoms with Gasteiger partial charge in [0.05, 0.1) is 0 Å². The van der Waals surface area contributed by atoms with E-state index >= 15 is 0 Å². The average Bonchev–Trinajstić information content (AvgIpc) is 2.45. The molecule has 1 aliphatic rings. The number of rotatable bonds is 5. The predicted octanol–water partition coefficient (Wildman–Crippen LogP) is 3.14. The molecule has 0 saturated heterocycles. The Balaban J connectivity index is 1.87. The maximum Gasteiger partial charge on any atom is 0.128 e. The lowest BCUT2D eigenvalue weighted by molar-refractivity contribution is 0.337. The van der Waals surface area contributed by atoms with Crippen LogP contribution in [0.1, 0.15) is 44.6 Å². The highest BCUT2D eigenvalue weighted by Crippen LogP contribution is 2.25. The molecular formula is C16H27N3. The fraction of sp³-hybridized carbons (Fsp3) is 0.688. The van der Waals surface area contributed by atoms with Crippen LogP contribution in [0.2, 0.25) is 0 Å². The first-order valence-corrected chi connectivity index (χ1v) is 7.59. The molecule has 1 N–H and O–H groups in total. The summed E-state index contributed by atoms with van der Waals surface area (Å²) in [5, 5.41) is 3.65. The lowest BCUT2D eigenvalue weighted by Gasteiger charge is -2.35. The lowest BCUT2D eigenvalue weighted by Crippen LogP contribution is -2.41. The first-order chi connectivity index (χ1) is 9.20. The number of nitrogens with one attached hydrogen (secondary N) is 1. The van der Waals surface area contributed by atoms with Gasteiger partial charge in [0.1, 0.15) is 5.82 Å². The van der Waals surface area contributed by atoms with Crippen LogP contribution in [0.25, 0.3) is 0 Å². The van der Waals surface area contributed by atoms with E-state index in [0.29, 0.717) is 6.04 Å². The molecular weight excluding hydrogens is 234 g/mol. The molecule has 1 saturated carbocycles. The van der Waals surface area contributed by atoms with Crippen molar-refractivity contribution in [2.75, 3.05) is 18.5 Å². The van der Waals surface area contributed by atoms with Gasteiger partial charge >= 0.3 is 0 Å². The van der Waals surface area contributed by atoms with Crippen molar-refractivity contribution in [1.29, 1.82) is 0 Å². The van der Waals surface area contributed by atoms with Crippen LogP contribution >= 0.6 is 0 Å². The monoisotopic (exact) mass is 261 g/mol. The average molecular weight is 261 g/mol. The van der Waals surface area contributed by atoms with Gasteiger partial charge in [-0.2, -0.15) is 0 Å². The van der Waals surface area contributed by atoms with Crippen molar-refractivity contribution in [3.63, 3.8) is 0 Å². The molecule has 0 atom stereocenters. The van der Waals surface area contributed by atoms with Crippen LogP contribution in [0.3, 0.4) is 0 Å². The number of aromatic nitrogens is 1. The van der Waals surface area contributed by atoms with Gasteiger partial charge in [0.15, 0.2) is 0 Å². The molecule has 1 aromatic rings. The van der Waals surface area contributed by atoms with Crippen molar-refractivity contribution in [2.24, 2.45) is 0 Å². The first-order valence-electron chi connectivity index (χ1n) is 7.59. The van der Waals surface area contributed by atoms with Gasteiger partial charge in [0, 0.05) is 25.3 Å². The van der Waals surface area contributed by atoms with E-state index < -0.39 is 0 Å². The molecule has 0 aromatic carbocycles. The van der Waals surface area contributed by atoms with Crippen LogP contribution < -0.4 is 10.2 Å². The Morgan fingerprint density at radius 2 is 2.05 bits per heavy atom. The Kier molecular flexibility index (Phi) is 5.20. The van der Waals surface area contributed by atoms with Crippen LogP contribution in [0.15, 0.2) is 18.3 Å². The van der Waals surface area contributed by atoms with E-state index in [1.807, 2.05) is 6.20 Å². The van der Waals surface area contributed by atoms with E-state index in [4.69, 9.17) is 0 Å². The third kappa shape index (κ3) is 3.93. The van der Waals surface area contributed by atoms with Crippen molar-refractivity contribution in [1.82, 2.24) is 10.3 Å². The summed E-state index contributed by atoms with van der Waals surface area (Å²) in [5.41, 5.74) is 1.29. The quantitative estimate of drug-likeness (QED) is 0.882. The maximum absolute atomic E-state index is 4.49. The molecule has 0 spiro atoms. The van der Waals surface area contributed by atoms with Crippen molar-refractivity contribution in [3.05, 3.63) is 23.9 Å². The Morgan fingerprint density at radius 1 is 1.32 bits per heavy atom. The molecule has 106 valence electrons. The second-order valence-corrected chi connectivity index (χ2v) is 5.76.